The Morgan fingerprint density at radius 3 is 1.36 bits per heavy atom. The number of likely N-dealkylation sites (N-methyl/N-ethyl adjacent to an activating group) is 3. The average Bonchev–Trinajstić information content (AvgIpc) is 0.856. The highest BCUT2D eigenvalue weighted by molar-refractivity contribution is 5.47. The van der Waals surface area contributed by atoms with Crippen molar-refractivity contribution in [2.45, 2.75) is 477 Å². The summed E-state index contributed by atoms with van der Waals surface area (Å²) in [5.41, 5.74) is 7.51. The number of aryl methyl sites for hydroxylation is 1. The van der Waals surface area contributed by atoms with Crippen LogP contribution in [0.5, 0.6) is 0 Å². The summed E-state index contributed by atoms with van der Waals surface area (Å²) in [5, 5.41) is 0. The van der Waals surface area contributed by atoms with Crippen LogP contribution < -0.4 is 28.1 Å². The van der Waals surface area contributed by atoms with Gasteiger partial charge in [-0.2, -0.15) is 4.57 Å². The van der Waals surface area contributed by atoms with Crippen LogP contribution in [0.1, 0.15) is 351 Å². The summed E-state index contributed by atoms with van der Waals surface area (Å²) in [4.78, 5) is 21.5. The van der Waals surface area contributed by atoms with E-state index in [9.17, 15) is 0 Å². The van der Waals surface area contributed by atoms with E-state index in [4.69, 9.17) is 0 Å². The van der Waals surface area contributed by atoms with E-state index in [0.29, 0.717) is 48.3 Å². The maximum absolute atomic E-state index is 3.39. The maximum Gasteiger partial charge on any atom is 0.360 e. The standard InChI is InChI=1S/C14H29N2.C14H23N2.C14H28N.2C13H27N2.C13H21N2.C12H22N3.C11H19N3/c1-11(2)15-9-13-7-6-8-14(10-15)16(13,5)12(3)4;1-11(2)15-9-7-13-6-5-8-16(12(3)4)14(13)10-15;1-10(2)12-8-13-6-7-14(9-12)15(13,5)11(3)4;1-10(2)14-8-13-7-6-12(14)9-15(13,5)11(3)4;1-10(2)14-8-12-6-7-13(9-14)15(12,5)11(3)4;1-10(2)14-6-5-12-7-15(11(3)4)9-13(12)8-14;1-10(2)14-7-5-6-13-8-9-15(11(3)4)12(13)14;1-8(2)13-6-5-10-11(13)12-7-14(10)9(3)4/h11-14H,6-10H2,1-5H3;5-6,8,11-12H,7,9-10H2,1-4H3;10-14H,6-9H2,1-5H3;2*10-13H,6-9H2,1-5H3;5-6,8,10-11H,7,9H2,1-4H3;8-11H,5-7H2,1-4H3;7-9H,5-6H2,1-4H3/q7*+1;/p+1. The molecule has 13 aliphatic heterocycles. The molecule has 17 rings (SSSR count). The first-order chi connectivity index (χ1) is 56.7. The van der Waals surface area contributed by atoms with Crippen LogP contribution in [0, 0.1) is 11.8 Å². The second-order valence-corrected chi connectivity index (χ2v) is 45.7. The molecule has 8 bridgehead atoms. The zero-order valence-electron chi connectivity index (χ0n) is 85.9. The minimum atomic E-state index is 0.542. The molecule has 17 nitrogen and oxygen atoms in total. The first-order valence-corrected chi connectivity index (χ1v) is 50.6. The Bertz CT molecular complexity index is 3680. The third-order valence-electron chi connectivity index (χ3n) is 34.0. The number of nitrogens with zero attached hydrogens (tertiary/aromatic N) is 16. The van der Waals surface area contributed by atoms with E-state index >= 15 is 0 Å². The van der Waals surface area contributed by atoms with Crippen LogP contribution >= 0.6 is 0 Å². The largest absolute Gasteiger partial charge is 0.360 e. The molecule has 17 heterocycles. The number of H-pyrrole nitrogens is 1. The molecule has 1 N–H and O–H groups in total. The molecular formula is C104H197N17+8. The van der Waals surface area contributed by atoms with Crippen molar-refractivity contribution in [1.82, 2.24) is 34.1 Å². The van der Waals surface area contributed by atoms with Crippen LogP contribution in [0.25, 0.3) is 0 Å². The Morgan fingerprint density at radius 1 is 0.397 bits per heavy atom. The van der Waals surface area contributed by atoms with Crippen LogP contribution in [0.3, 0.4) is 0 Å². The number of piperazine rings is 3. The van der Waals surface area contributed by atoms with Gasteiger partial charge < -0.3 is 22.8 Å². The molecule has 13 aliphatic rings. The number of piperidine rings is 4. The fourth-order valence-corrected chi connectivity index (χ4v) is 24.3. The Morgan fingerprint density at radius 2 is 0.901 bits per heavy atom. The highest BCUT2D eigenvalue weighted by Crippen LogP contribution is 2.48. The lowest BCUT2D eigenvalue weighted by Gasteiger charge is -2.59. The van der Waals surface area contributed by atoms with Crippen LogP contribution in [-0.4, -0.2) is 254 Å². The normalized spacial score (nSPS) is 29.5. The molecule has 9 unspecified atom stereocenters. The van der Waals surface area contributed by atoms with Crippen molar-refractivity contribution < 1.29 is 36.2 Å². The summed E-state index contributed by atoms with van der Waals surface area (Å²) < 4.78 is 17.2. The third-order valence-corrected chi connectivity index (χ3v) is 34.0. The summed E-state index contributed by atoms with van der Waals surface area (Å²) >= 11 is 0. The zero-order chi connectivity index (χ0) is 89.6. The molecule has 4 aromatic heterocycles. The number of rotatable bonds is 16. The molecule has 121 heavy (non-hydrogen) atoms. The lowest BCUT2D eigenvalue weighted by Crippen LogP contribution is -2.73. The van der Waals surface area contributed by atoms with Crippen LogP contribution in [-0.2, 0) is 39.0 Å². The number of anilines is 2. The summed E-state index contributed by atoms with van der Waals surface area (Å²) in [6.07, 6.45) is 32.9. The van der Waals surface area contributed by atoms with Crippen molar-refractivity contribution in [2.75, 3.05) is 96.9 Å². The number of imidazole rings is 2. The number of pyridine rings is 2. The highest BCUT2D eigenvalue weighted by Gasteiger charge is 2.56. The predicted molar refractivity (Wildman–Crippen MR) is 512 cm³/mol. The first-order valence-electron chi connectivity index (χ1n) is 50.6. The molecule has 9 atom stereocenters. The summed E-state index contributed by atoms with van der Waals surface area (Å²) in [5.74, 6) is 4.61. The fraction of sp³-hybridized carbons (Fsp3) is 0.846. The molecule has 9 fully saturated rings. The topological polar surface area (TPSA) is 58.9 Å². The molecule has 0 radical (unpaired) electrons. The van der Waals surface area contributed by atoms with Crippen LogP contribution in [0.2, 0.25) is 0 Å². The number of hydrogen-bond donors (Lipinski definition) is 1. The minimum absolute atomic E-state index is 0.542. The monoisotopic (exact) mass is 1680 g/mol. The van der Waals surface area contributed by atoms with E-state index in [1.165, 1.54) is 200 Å². The molecule has 0 aromatic carbocycles. The van der Waals surface area contributed by atoms with Crippen molar-refractivity contribution in [3.8, 4) is 0 Å². The van der Waals surface area contributed by atoms with Crippen molar-refractivity contribution >= 4 is 11.8 Å². The Hall–Kier alpha value is -4.04. The fourth-order valence-electron chi connectivity index (χ4n) is 24.3. The number of likely N-dealkylation sites (tertiary alicyclic amines) is 2. The quantitative estimate of drug-likeness (QED) is 0.0886. The third kappa shape index (κ3) is 22.8. The molecule has 4 aromatic rings. The van der Waals surface area contributed by atoms with Crippen molar-refractivity contribution in [3.63, 3.8) is 0 Å². The van der Waals surface area contributed by atoms with Crippen LogP contribution in [0.4, 0.5) is 11.8 Å². The van der Waals surface area contributed by atoms with Crippen molar-refractivity contribution in [1.29, 1.82) is 0 Å². The molecule has 0 aliphatic carbocycles. The molecule has 9 saturated heterocycles. The molecule has 0 saturated carbocycles. The minimum Gasteiger partial charge on any atom is -0.333 e. The maximum atomic E-state index is 3.39. The first kappa shape index (κ1) is 101. The molecule has 0 amide bonds. The molecule has 17 heteroatoms. The number of hydrogen-bond acceptors (Lipinski definition) is 7. The highest BCUT2D eigenvalue weighted by atomic mass is 15.5. The average molecular weight is 1690 g/mol. The van der Waals surface area contributed by atoms with Gasteiger partial charge in [-0.15, -0.1) is 0 Å². The number of nitrogens with one attached hydrogen (secondary N) is 1. The second-order valence-electron chi connectivity index (χ2n) is 45.7. The Labute approximate surface area is 746 Å². The van der Waals surface area contributed by atoms with Gasteiger partial charge in [-0.1, -0.05) is 13.8 Å². The predicted octanol–water partition coefficient (Wildman–Crippen LogP) is 18.3. The zero-order valence-corrected chi connectivity index (χ0v) is 85.9. The molecular weight excluding hydrogens is 1490 g/mol. The van der Waals surface area contributed by atoms with Gasteiger partial charge >= 0.3 is 5.95 Å². The Kier molecular flexibility index (Phi) is 35.7. The van der Waals surface area contributed by atoms with Gasteiger partial charge in [0.2, 0.25) is 12.1 Å². The summed E-state index contributed by atoms with van der Waals surface area (Å²) in [6, 6.07) is 24.0. The molecule has 690 valence electrons. The van der Waals surface area contributed by atoms with E-state index < -0.39 is 0 Å². The SMILES string of the molecule is CC(C)C1CC2CCC(C1)[N+]2(C)C(C)C.CC(C)N1CC2CCC(C1)[N+]2(C)C(C)C.CC(C)N1CC2CCC1C[N+]2(C)C(C)C.CC(C)N1CC2CCCC(C1)[N+]2(C)C(C)C.CC(C)N1CCC[n+]2ccn(C(C)C)c21.CC(C)N1CCc2c1[nH]c[n+]2C(C)C.CC(C)N1CCc2ccc[n+](C(C)C)c2C1.CC(C)N1Cc2cc[n+](C(C)C)cc2C1. The van der Waals surface area contributed by atoms with Gasteiger partial charge in [-0.25, -0.2) is 23.3 Å². The van der Waals surface area contributed by atoms with E-state index in [1.54, 1.807) is 0 Å². The van der Waals surface area contributed by atoms with Crippen molar-refractivity contribution in [2.24, 2.45) is 11.8 Å². The van der Waals surface area contributed by atoms with Gasteiger partial charge in [0.15, 0.2) is 42.1 Å². The van der Waals surface area contributed by atoms with E-state index in [-0.39, 0.29) is 0 Å². The van der Waals surface area contributed by atoms with E-state index in [2.05, 4.69) is 367 Å². The summed E-state index contributed by atoms with van der Waals surface area (Å²) in [7, 11) is 9.99. The van der Waals surface area contributed by atoms with Crippen molar-refractivity contribution in [3.05, 3.63) is 83.6 Å². The second kappa shape index (κ2) is 42.9. The number of quaternary nitrogens is 4. The van der Waals surface area contributed by atoms with Gasteiger partial charge in [-0.05, 0) is 250 Å². The smallest absolute Gasteiger partial charge is 0.333 e. The lowest BCUT2D eigenvalue weighted by molar-refractivity contribution is -0.984. The van der Waals surface area contributed by atoms with Crippen LogP contribution in [0.15, 0.2) is 55.5 Å². The van der Waals surface area contributed by atoms with Gasteiger partial charge in [-0.3, -0.25) is 29.4 Å². The van der Waals surface area contributed by atoms with Gasteiger partial charge in [0.05, 0.1) is 160 Å². The number of fused-ring (bicyclic) bond motifs is 13. The van der Waals surface area contributed by atoms with Gasteiger partial charge in [0.1, 0.15) is 30.2 Å². The van der Waals surface area contributed by atoms with Gasteiger partial charge in [0.25, 0.3) is 0 Å². The summed E-state index contributed by atoms with van der Waals surface area (Å²) in [6.45, 7) is 90.2. The number of aromatic amines is 1. The van der Waals surface area contributed by atoms with E-state index in [1.807, 2.05) is 0 Å². The van der Waals surface area contributed by atoms with E-state index in [0.717, 1.165) is 135 Å². The van der Waals surface area contributed by atoms with Gasteiger partial charge in [0, 0.05) is 156 Å². The molecule has 0 spiro atoms. The lowest BCUT2D eigenvalue weighted by atomic mass is 9.81. The Balaban J connectivity index is 0.000000157. The number of aromatic nitrogens is 6.